The summed E-state index contributed by atoms with van der Waals surface area (Å²) >= 11 is 0. The topological polar surface area (TPSA) is 23.5 Å². The molecule has 1 N–H and O–H groups in total. The first-order valence-electron chi connectivity index (χ1n) is 9.58. The van der Waals surface area contributed by atoms with Gasteiger partial charge in [0.15, 0.2) is 0 Å². The lowest BCUT2D eigenvalue weighted by atomic mass is 9.70. The van der Waals surface area contributed by atoms with Crippen LogP contribution in [0.4, 0.5) is 0 Å². The normalized spacial score (nSPS) is 19.1. The summed E-state index contributed by atoms with van der Waals surface area (Å²) in [6, 6.07) is 19.0. The van der Waals surface area contributed by atoms with Crippen molar-refractivity contribution in [3.8, 4) is 0 Å². The molecule has 0 unspecified atom stereocenters. The van der Waals surface area contributed by atoms with Gasteiger partial charge in [0.2, 0.25) is 0 Å². The van der Waals surface area contributed by atoms with E-state index in [0.29, 0.717) is 0 Å². The van der Waals surface area contributed by atoms with Crippen LogP contribution in [0.5, 0.6) is 0 Å². The Bertz CT molecular complexity index is 658. The van der Waals surface area contributed by atoms with E-state index in [1.54, 1.807) is 0 Å². The van der Waals surface area contributed by atoms with Crippen molar-refractivity contribution in [2.24, 2.45) is 5.92 Å². The average Bonchev–Trinajstić information content (AvgIpc) is 3.13. The van der Waals surface area contributed by atoms with Gasteiger partial charge in [-0.2, -0.15) is 0 Å². The van der Waals surface area contributed by atoms with Crippen LogP contribution in [0.2, 0.25) is 0 Å². The first-order chi connectivity index (χ1) is 12.0. The van der Waals surface area contributed by atoms with Crippen LogP contribution >= 0.6 is 0 Å². The van der Waals surface area contributed by atoms with E-state index in [2.05, 4.69) is 80.3 Å². The van der Waals surface area contributed by atoms with E-state index in [-0.39, 0.29) is 11.8 Å². The summed E-state index contributed by atoms with van der Waals surface area (Å²) in [5, 5.41) is 12.0. The Morgan fingerprint density at radius 1 is 0.960 bits per heavy atom. The summed E-state index contributed by atoms with van der Waals surface area (Å²) < 4.78 is 0. The van der Waals surface area contributed by atoms with E-state index in [9.17, 15) is 5.11 Å². The molecule has 134 valence electrons. The van der Waals surface area contributed by atoms with Crippen LogP contribution in [0.25, 0.3) is 0 Å². The van der Waals surface area contributed by atoms with Gasteiger partial charge in [0.05, 0.1) is 5.60 Å². The summed E-state index contributed by atoms with van der Waals surface area (Å²) in [4.78, 5) is 2.51. The molecular weight excluding hydrogens is 306 g/mol. The molecule has 0 radical (unpaired) electrons. The van der Waals surface area contributed by atoms with E-state index in [0.717, 1.165) is 25.2 Å². The van der Waals surface area contributed by atoms with Crippen molar-refractivity contribution in [3.63, 3.8) is 0 Å². The Labute approximate surface area is 152 Å². The zero-order valence-corrected chi connectivity index (χ0v) is 15.8. The smallest absolute Gasteiger partial charge is 0.0999 e. The summed E-state index contributed by atoms with van der Waals surface area (Å²) in [5.41, 5.74) is 2.61. The lowest BCUT2D eigenvalue weighted by molar-refractivity contribution is -0.0447. The second kappa shape index (κ2) is 7.72. The van der Waals surface area contributed by atoms with Crippen LogP contribution in [-0.4, -0.2) is 29.6 Å². The molecule has 0 saturated carbocycles. The van der Waals surface area contributed by atoms with Gasteiger partial charge in [-0.05, 0) is 49.9 Å². The molecule has 0 amide bonds. The minimum atomic E-state index is -0.877. The Hall–Kier alpha value is -1.64. The zero-order chi connectivity index (χ0) is 17.9. The monoisotopic (exact) mass is 337 g/mol. The highest BCUT2D eigenvalue weighted by Gasteiger charge is 2.43. The molecule has 2 heteroatoms. The fourth-order valence-corrected chi connectivity index (χ4v) is 4.16. The van der Waals surface area contributed by atoms with Crippen molar-refractivity contribution >= 4 is 0 Å². The van der Waals surface area contributed by atoms with E-state index >= 15 is 0 Å². The molecule has 1 heterocycles. The van der Waals surface area contributed by atoms with Gasteiger partial charge in [-0.25, -0.2) is 0 Å². The number of aryl methyl sites for hydroxylation is 1. The maximum absolute atomic E-state index is 12.0. The summed E-state index contributed by atoms with van der Waals surface area (Å²) in [7, 11) is 0. The molecule has 2 atom stereocenters. The van der Waals surface area contributed by atoms with E-state index in [1.807, 2.05) is 0 Å². The Kier molecular flexibility index (Phi) is 5.61. The fourth-order valence-electron chi connectivity index (χ4n) is 4.16. The number of rotatable bonds is 6. The van der Waals surface area contributed by atoms with Crippen molar-refractivity contribution in [1.82, 2.24) is 4.90 Å². The van der Waals surface area contributed by atoms with E-state index < -0.39 is 5.60 Å². The molecule has 1 saturated heterocycles. The third-order valence-corrected chi connectivity index (χ3v) is 5.77. The van der Waals surface area contributed by atoms with Gasteiger partial charge in [0.25, 0.3) is 0 Å². The van der Waals surface area contributed by atoms with Crippen LogP contribution in [0, 0.1) is 12.8 Å². The van der Waals surface area contributed by atoms with Crippen molar-refractivity contribution in [2.75, 3.05) is 19.6 Å². The minimum Gasteiger partial charge on any atom is -0.384 e. The number of hydrogen-bond acceptors (Lipinski definition) is 2. The number of nitrogens with zero attached hydrogens (tertiary/aromatic N) is 1. The van der Waals surface area contributed by atoms with Crippen molar-refractivity contribution in [2.45, 2.75) is 45.1 Å². The predicted octanol–water partition coefficient (Wildman–Crippen LogP) is 4.72. The van der Waals surface area contributed by atoms with Crippen LogP contribution in [0.1, 0.15) is 49.3 Å². The number of benzene rings is 2. The molecule has 2 aromatic rings. The molecule has 1 fully saturated rings. The third-order valence-electron chi connectivity index (χ3n) is 5.77. The highest BCUT2D eigenvalue weighted by Crippen LogP contribution is 2.43. The van der Waals surface area contributed by atoms with E-state index in [4.69, 9.17) is 0 Å². The van der Waals surface area contributed by atoms with Crippen molar-refractivity contribution < 1.29 is 5.11 Å². The summed E-state index contributed by atoms with van der Waals surface area (Å²) in [5.74, 6) is 0.192. The standard InChI is InChI=1S/C23H31NO/c1-18(2)23(25,21-13-11-19(3)12-14-21)22(17-24-15-7-8-16-24)20-9-5-4-6-10-20/h4-6,9-14,18,22,25H,7-8,15-17H2,1-3H3/t22-,23+/m0/s1. The molecule has 0 aromatic heterocycles. The molecular formula is C23H31NO. The number of likely N-dealkylation sites (tertiary alicyclic amines) is 1. The number of hydrogen-bond donors (Lipinski definition) is 1. The average molecular weight is 338 g/mol. The Morgan fingerprint density at radius 2 is 1.56 bits per heavy atom. The van der Waals surface area contributed by atoms with Crippen LogP contribution in [-0.2, 0) is 5.60 Å². The van der Waals surface area contributed by atoms with Gasteiger partial charge in [-0.1, -0.05) is 74.0 Å². The molecule has 1 aliphatic rings. The predicted molar refractivity (Wildman–Crippen MR) is 105 cm³/mol. The zero-order valence-electron chi connectivity index (χ0n) is 15.8. The van der Waals surface area contributed by atoms with Crippen LogP contribution in [0.15, 0.2) is 54.6 Å². The molecule has 2 aromatic carbocycles. The second-order valence-corrected chi connectivity index (χ2v) is 7.82. The van der Waals surface area contributed by atoms with Gasteiger partial charge < -0.3 is 10.0 Å². The molecule has 25 heavy (non-hydrogen) atoms. The summed E-state index contributed by atoms with van der Waals surface area (Å²) in [6.45, 7) is 9.57. The highest BCUT2D eigenvalue weighted by molar-refractivity contribution is 5.34. The van der Waals surface area contributed by atoms with Gasteiger partial charge in [-0.3, -0.25) is 0 Å². The van der Waals surface area contributed by atoms with Gasteiger partial charge in [0, 0.05) is 12.5 Å². The van der Waals surface area contributed by atoms with Gasteiger partial charge in [0.1, 0.15) is 0 Å². The lowest BCUT2D eigenvalue weighted by Crippen LogP contribution is -2.44. The molecule has 3 rings (SSSR count). The SMILES string of the molecule is Cc1ccc([C@](O)(C(C)C)[C@@H](CN2CCCC2)c2ccccc2)cc1. The lowest BCUT2D eigenvalue weighted by Gasteiger charge is -2.42. The van der Waals surface area contributed by atoms with Crippen molar-refractivity contribution in [3.05, 3.63) is 71.3 Å². The third kappa shape index (κ3) is 3.80. The minimum absolute atomic E-state index is 0.0644. The second-order valence-electron chi connectivity index (χ2n) is 7.82. The van der Waals surface area contributed by atoms with E-state index in [1.165, 1.54) is 24.0 Å². The Morgan fingerprint density at radius 3 is 2.12 bits per heavy atom. The fraction of sp³-hybridized carbons (Fsp3) is 0.478. The number of aliphatic hydroxyl groups is 1. The van der Waals surface area contributed by atoms with Gasteiger partial charge >= 0.3 is 0 Å². The first kappa shape index (κ1) is 18.2. The highest BCUT2D eigenvalue weighted by atomic mass is 16.3. The first-order valence-corrected chi connectivity index (χ1v) is 9.58. The molecule has 1 aliphatic heterocycles. The molecule has 0 spiro atoms. The largest absolute Gasteiger partial charge is 0.384 e. The van der Waals surface area contributed by atoms with Crippen LogP contribution < -0.4 is 0 Å². The molecule has 2 nitrogen and oxygen atoms in total. The molecule has 0 bridgehead atoms. The molecule has 0 aliphatic carbocycles. The maximum Gasteiger partial charge on any atom is 0.0999 e. The van der Waals surface area contributed by atoms with Crippen LogP contribution in [0.3, 0.4) is 0 Å². The summed E-state index contributed by atoms with van der Waals surface area (Å²) in [6.07, 6.45) is 2.54. The Balaban J connectivity index is 2.04. The van der Waals surface area contributed by atoms with Crippen molar-refractivity contribution in [1.29, 1.82) is 0 Å². The van der Waals surface area contributed by atoms with Gasteiger partial charge in [-0.15, -0.1) is 0 Å². The maximum atomic E-state index is 12.0. The quantitative estimate of drug-likeness (QED) is 0.824.